The molecule has 3 rings (SSSR count). The molecule has 0 saturated carbocycles. The van der Waals surface area contributed by atoms with Gasteiger partial charge in [-0.2, -0.15) is 5.26 Å². The quantitative estimate of drug-likeness (QED) is 0.849. The van der Waals surface area contributed by atoms with Crippen LogP contribution in [0, 0.1) is 11.3 Å². The second-order valence-corrected chi connectivity index (χ2v) is 5.87. The van der Waals surface area contributed by atoms with E-state index in [4.69, 9.17) is 10.00 Å². The smallest absolute Gasteiger partial charge is 0.254 e. The zero-order chi connectivity index (χ0) is 16.8. The predicted molar refractivity (Wildman–Crippen MR) is 89.1 cm³/mol. The number of carbonyl (C=O) groups excluding carboxylic acids is 1. The molecule has 5 nitrogen and oxygen atoms in total. The standard InChI is InChI=1S/C19H19N3O2/c20-11-15-4-1-6-17(10-15)19(23)22(14-18-7-3-9-24-18)13-16-5-2-8-21-12-16/h1-2,4-6,8,10,12,18H,3,7,9,13-14H2/t18-/m0/s1. The maximum atomic E-state index is 12.9. The summed E-state index contributed by atoms with van der Waals surface area (Å²) in [5.41, 5.74) is 1.98. The van der Waals surface area contributed by atoms with Crippen molar-refractivity contribution in [1.29, 1.82) is 5.26 Å². The predicted octanol–water partition coefficient (Wildman–Crippen LogP) is 2.77. The number of nitriles is 1. The summed E-state index contributed by atoms with van der Waals surface area (Å²) in [6, 6.07) is 12.7. The van der Waals surface area contributed by atoms with Crippen LogP contribution in [0.1, 0.15) is 34.3 Å². The highest BCUT2D eigenvalue weighted by Crippen LogP contribution is 2.17. The highest BCUT2D eigenvalue weighted by molar-refractivity contribution is 5.94. The van der Waals surface area contributed by atoms with Crippen molar-refractivity contribution in [2.45, 2.75) is 25.5 Å². The molecule has 0 radical (unpaired) electrons. The molecule has 0 spiro atoms. The van der Waals surface area contributed by atoms with Crippen LogP contribution in [0.15, 0.2) is 48.8 Å². The van der Waals surface area contributed by atoms with Gasteiger partial charge >= 0.3 is 0 Å². The first-order valence-electron chi connectivity index (χ1n) is 8.06. The van der Waals surface area contributed by atoms with E-state index in [9.17, 15) is 4.79 Å². The number of carbonyl (C=O) groups is 1. The zero-order valence-corrected chi connectivity index (χ0v) is 13.4. The Bertz CT molecular complexity index is 734. The third-order valence-electron chi connectivity index (χ3n) is 4.07. The maximum absolute atomic E-state index is 12.9. The Hall–Kier alpha value is -2.71. The van der Waals surface area contributed by atoms with Gasteiger partial charge in [0.05, 0.1) is 17.7 Å². The minimum Gasteiger partial charge on any atom is -0.376 e. The fourth-order valence-corrected chi connectivity index (χ4v) is 2.87. The number of benzene rings is 1. The summed E-state index contributed by atoms with van der Waals surface area (Å²) in [5.74, 6) is -0.0912. The monoisotopic (exact) mass is 321 g/mol. The fraction of sp³-hybridized carbons (Fsp3) is 0.316. The van der Waals surface area contributed by atoms with E-state index >= 15 is 0 Å². The highest BCUT2D eigenvalue weighted by atomic mass is 16.5. The normalized spacial score (nSPS) is 16.5. The van der Waals surface area contributed by atoms with Crippen molar-refractivity contribution in [2.24, 2.45) is 0 Å². The van der Waals surface area contributed by atoms with E-state index in [1.807, 2.05) is 12.1 Å². The Morgan fingerprint density at radius 2 is 2.29 bits per heavy atom. The summed E-state index contributed by atoms with van der Waals surface area (Å²) in [6.07, 6.45) is 5.55. The van der Waals surface area contributed by atoms with Crippen molar-refractivity contribution in [3.8, 4) is 6.07 Å². The van der Waals surface area contributed by atoms with Crippen molar-refractivity contribution >= 4 is 5.91 Å². The van der Waals surface area contributed by atoms with Crippen LogP contribution in [-0.2, 0) is 11.3 Å². The first kappa shape index (κ1) is 16.2. The summed E-state index contributed by atoms with van der Waals surface area (Å²) in [5, 5.41) is 9.04. The first-order valence-corrected chi connectivity index (χ1v) is 8.06. The van der Waals surface area contributed by atoms with E-state index in [1.54, 1.807) is 41.6 Å². The molecule has 5 heteroatoms. The molecule has 0 bridgehead atoms. The SMILES string of the molecule is N#Cc1cccc(C(=O)N(Cc2cccnc2)C[C@@H]2CCCO2)c1. The summed E-state index contributed by atoms with van der Waals surface area (Å²) < 4.78 is 5.69. The average molecular weight is 321 g/mol. The van der Waals surface area contributed by atoms with Crippen molar-refractivity contribution < 1.29 is 9.53 Å². The average Bonchev–Trinajstić information content (AvgIpc) is 3.14. The van der Waals surface area contributed by atoms with Gasteiger partial charge in [0.25, 0.3) is 5.91 Å². The molecule has 1 saturated heterocycles. The Morgan fingerprint density at radius 3 is 3.00 bits per heavy atom. The van der Waals surface area contributed by atoms with Gasteiger partial charge in [-0.15, -0.1) is 0 Å². The molecule has 1 atom stereocenters. The van der Waals surface area contributed by atoms with E-state index in [2.05, 4.69) is 11.1 Å². The lowest BCUT2D eigenvalue weighted by Crippen LogP contribution is -2.37. The molecule has 1 aromatic carbocycles. The topological polar surface area (TPSA) is 66.2 Å². The minimum atomic E-state index is -0.0912. The van der Waals surface area contributed by atoms with Gasteiger partial charge in [0.15, 0.2) is 0 Å². The van der Waals surface area contributed by atoms with Crippen molar-refractivity contribution in [2.75, 3.05) is 13.2 Å². The molecule has 0 aliphatic carbocycles. The Morgan fingerprint density at radius 1 is 1.38 bits per heavy atom. The Kier molecular flexibility index (Phi) is 5.19. The van der Waals surface area contributed by atoms with Gasteiger partial charge in [0.2, 0.25) is 0 Å². The number of amides is 1. The number of ether oxygens (including phenoxy) is 1. The van der Waals surface area contributed by atoms with Gasteiger partial charge in [0, 0.05) is 37.7 Å². The molecule has 2 heterocycles. The molecule has 1 aromatic heterocycles. The van der Waals surface area contributed by atoms with Crippen LogP contribution in [-0.4, -0.2) is 35.0 Å². The van der Waals surface area contributed by atoms with Crippen molar-refractivity contribution in [3.63, 3.8) is 0 Å². The van der Waals surface area contributed by atoms with Gasteiger partial charge in [-0.1, -0.05) is 12.1 Å². The fourth-order valence-electron chi connectivity index (χ4n) is 2.87. The van der Waals surface area contributed by atoms with Gasteiger partial charge in [0.1, 0.15) is 0 Å². The second kappa shape index (κ2) is 7.71. The minimum absolute atomic E-state index is 0.0739. The maximum Gasteiger partial charge on any atom is 0.254 e. The van der Waals surface area contributed by atoms with Gasteiger partial charge in [-0.05, 0) is 42.7 Å². The van der Waals surface area contributed by atoms with Crippen LogP contribution in [0.2, 0.25) is 0 Å². The number of aromatic nitrogens is 1. The molecule has 1 fully saturated rings. The third kappa shape index (κ3) is 3.98. The summed E-state index contributed by atoms with van der Waals surface area (Å²) in [7, 11) is 0. The van der Waals surface area contributed by atoms with E-state index in [-0.39, 0.29) is 12.0 Å². The van der Waals surface area contributed by atoms with Crippen LogP contribution >= 0.6 is 0 Å². The lowest BCUT2D eigenvalue weighted by molar-refractivity contribution is 0.0507. The zero-order valence-electron chi connectivity index (χ0n) is 13.4. The number of hydrogen-bond acceptors (Lipinski definition) is 4. The second-order valence-electron chi connectivity index (χ2n) is 5.87. The van der Waals surface area contributed by atoms with Gasteiger partial charge < -0.3 is 9.64 Å². The number of rotatable bonds is 5. The Balaban J connectivity index is 1.81. The third-order valence-corrected chi connectivity index (χ3v) is 4.07. The molecule has 2 aromatic rings. The molecular weight excluding hydrogens is 302 g/mol. The molecule has 24 heavy (non-hydrogen) atoms. The molecule has 1 aliphatic heterocycles. The molecule has 0 unspecified atom stereocenters. The van der Waals surface area contributed by atoms with E-state index in [1.165, 1.54) is 0 Å². The van der Waals surface area contributed by atoms with E-state index in [0.717, 1.165) is 25.0 Å². The molecular formula is C19H19N3O2. The number of hydrogen-bond donors (Lipinski definition) is 0. The van der Waals surface area contributed by atoms with Gasteiger partial charge in [-0.3, -0.25) is 9.78 Å². The lowest BCUT2D eigenvalue weighted by Gasteiger charge is -2.25. The summed E-state index contributed by atoms with van der Waals surface area (Å²) in [4.78, 5) is 18.8. The summed E-state index contributed by atoms with van der Waals surface area (Å²) >= 11 is 0. The number of pyridine rings is 1. The first-order chi connectivity index (χ1) is 11.8. The van der Waals surface area contributed by atoms with Crippen LogP contribution in [0.4, 0.5) is 0 Å². The van der Waals surface area contributed by atoms with E-state index < -0.39 is 0 Å². The van der Waals surface area contributed by atoms with Crippen LogP contribution in [0.25, 0.3) is 0 Å². The van der Waals surface area contributed by atoms with Crippen LogP contribution < -0.4 is 0 Å². The van der Waals surface area contributed by atoms with Crippen molar-refractivity contribution in [3.05, 3.63) is 65.5 Å². The molecule has 1 amide bonds. The molecule has 1 aliphatic rings. The van der Waals surface area contributed by atoms with Crippen molar-refractivity contribution in [1.82, 2.24) is 9.88 Å². The van der Waals surface area contributed by atoms with E-state index in [0.29, 0.717) is 24.2 Å². The van der Waals surface area contributed by atoms with Gasteiger partial charge in [-0.25, -0.2) is 0 Å². The molecule has 122 valence electrons. The van der Waals surface area contributed by atoms with Crippen LogP contribution in [0.3, 0.4) is 0 Å². The largest absolute Gasteiger partial charge is 0.376 e. The highest BCUT2D eigenvalue weighted by Gasteiger charge is 2.23. The lowest BCUT2D eigenvalue weighted by atomic mass is 10.1. The summed E-state index contributed by atoms with van der Waals surface area (Å²) in [6.45, 7) is 1.78. The van der Waals surface area contributed by atoms with Crippen LogP contribution in [0.5, 0.6) is 0 Å². The Labute approximate surface area is 141 Å². The number of nitrogens with zero attached hydrogens (tertiary/aromatic N) is 3. The molecule has 0 N–H and O–H groups in total.